The summed E-state index contributed by atoms with van der Waals surface area (Å²) in [6, 6.07) is 0. The molecular formula is C9H11F3N2. The Hall–Kier alpha value is -1.13. The van der Waals surface area contributed by atoms with Crippen molar-refractivity contribution in [2.45, 2.75) is 32.4 Å². The maximum absolute atomic E-state index is 12.5. The molecule has 1 aromatic heterocycles. The van der Waals surface area contributed by atoms with Gasteiger partial charge in [0.05, 0.1) is 11.3 Å². The topological polar surface area (TPSA) is 25.8 Å². The first kappa shape index (κ1) is 10.9. The lowest BCUT2D eigenvalue weighted by atomic mass is 10.0. The highest BCUT2D eigenvalue weighted by atomic mass is 19.4. The second kappa shape index (κ2) is 3.94. The SMILES string of the molecule is CCC(C)c1ncncc1C(F)(F)F. The molecule has 0 fully saturated rings. The normalized spacial score (nSPS) is 14.1. The lowest BCUT2D eigenvalue weighted by Crippen LogP contribution is -2.13. The zero-order valence-electron chi connectivity index (χ0n) is 7.97. The lowest BCUT2D eigenvalue weighted by molar-refractivity contribution is -0.138. The quantitative estimate of drug-likeness (QED) is 0.740. The smallest absolute Gasteiger partial charge is 0.244 e. The van der Waals surface area contributed by atoms with Crippen LogP contribution in [-0.2, 0) is 6.18 Å². The second-order valence-corrected chi connectivity index (χ2v) is 3.13. The van der Waals surface area contributed by atoms with Crippen molar-refractivity contribution in [3.8, 4) is 0 Å². The van der Waals surface area contributed by atoms with Gasteiger partial charge in [-0.15, -0.1) is 0 Å². The van der Waals surface area contributed by atoms with E-state index in [2.05, 4.69) is 9.97 Å². The largest absolute Gasteiger partial charge is 0.419 e. The zero-order valence-corrected chi connectivity index (χ0v) is 7.97. The number of alkyl halides is 3. The molecule has 0 aromatic carbocycles. The summed E-state index contributed by atoms with van der Waals surface area (Å²) in [4.78, 5) is 7.08. The van der Waals surface area contributed by atoms with Crippen molar-refractivity contribution in [2.75, 3.05) is 0 Å². The lowest BCUT2D eigenvalue weighted by Gasteiger charge is -2.14. The number of aromatic nitrogens is 2. The summed E-state index contributed by atoms with van der Waals surface area (Å²) in [5.74, 6) is -0.199. The van der Waals surface area contributed by atoms with Gasteiger partial charge in [-0.2, -0.15) is 13.2 Å². The molecule has 0 saturated heterocycles. The van der Waals surface area contributed by atoms with Crippen LogP contribution in [0, 0.1) is 0 Å². The third kappa shape index (κ3) is 2.21. The Kier molecular flexibility index (Phi) is 3.08. The van der Waals surface area contributed by atoms with Crippen molar-refractivity contribution >= 4 is 0 Å². The van der Waals surface area contributed by atoms with Gasteiger partial charge < -0.3 is 0 Å². The molecule has 0 aliphatic rings. The molecule has 0 aliphatic carbocycles. The molecule has 1 atom stereocenters. The molecule has 1 unspecified atom stereocenters. The monoisotopic (exact) mass is 204 g/mol. The molecule has 14 heavy (non-hydrogen) atoms. The minimum absolute atomic E-state index is 0.0787. The van der Waals surface area contributed by atoms with Crippen LogP contribution in [0.3, 0.4) is 0 Å². The van der Waals surface area contributed by atoms with Gasteiger partial charge in [0.25, 0.3) is 0 Å². The van der Waals surface area contributed by atoms with Gasteiger partial charge in [-0.05, 0) is 12.3 Å². The molecule has 0 bridgehead atoms. The van der Waals surface area contributed by atoms with Crippen LogP contribution < -0.4 is 0 Å². The molecule has 5 heteroatoms. The average Bonchev–Trinajstić information content (AvgIpc) is 2.15. The van der Waals surface area contributed by atoms with E-state index in [0.717, 1.165) is 12.5 Å². The van der Waals surface area contributed by atoms with Crippen LogP contribution in [0.25, 0.3) is 0 Å². The highest BCUT2D eigenvalue weighted by Gasteiger charge is 2.35. The highest BCUT2D eigenvalue weighted by molar-refractivity contribution is 5.22. The maximum atomic E-state index is 12.5. The maximum Gasteiger partial charge on any atom is 0.419 e. The predicted octanol–water partition coefficient (Wildman–Crippen LogP) is 3.01. The van der Waals surface area contributed by atoms with Gasteiger partial charge in [0.15, 0.2) is 0 Å². The summed E-state index contributed by atoms with van der Waals surface area (Å²) in [7, 11) is 0. The molecule has 0 spiro atoms. The summed E-state index contributed by atoms with van der Waals surface area (Å²) in [5, 5.41) is 0. The average molecular weight is 204 g/mol. The van der Waals surface area contributed by atoms with E-state index in [1.807, 2.05) is 6.92 Å². The molecule has 0 radical (unpaired) electrons. The van der Waals surface area contributed by atoms with Crippen LogP contribution in [0.4, 0.5) is 13.2 Å². The Bertz CT molecular complexity index is 309. The summed E-state index contributed by atoms with van der Waals surface area (Å²) >= 11 is 0. The van der Waals surface area contributed by atoms with E-state index in [4.69, 9.17) is 0 Å². The van der Waals surface area contributed by atoms with E-state index in [1.54, 1.807) is 6.92 Å². The van der Waals surface area contributed by atoms with Crippen LogP contribution in [0.2, 0.25) is 0 Å². The van der Waals surface area contributed by atoms with Gasteiger partial charge in [0.1, 0.15) is 6.33 Å². The van der Waals surface area contributed by atoms with Crippen LogP contribution in [0.15, 0.2) is 12.5 Å². The minimum Gasteiger partial charge on any atom is -0.244 e. The Balaban J connectivity index is 3.16. The number of hydrogen-bond donors (Lipinski definition) is 0. The van der Waals surface area contributed by atoms with E-state index >= 15 is 0 Å². The van der Waals surface area contributed by atoms with Crippen molar-refractivity contribution < 1.29 is 13.2 Å². The Labute approximate surface area is 80.2 Å². The first-order chi connectivity index (χ1) is 6.46. The fourth-order valence-electron chi connectivity index (χ4n) is 1.14. The first-order valence-corrected chi connectivity index (χ1v) is 4.34. The Morgan fingerprint density at radius 1 is 1.43 bits per heavy atom. The zero-order chi connectivity index (χ0) is 10.8. The van der Waals surface area contributed by atoms with E-state index < -0.39 is 11.7 Å². The van der Waals surface area contributed by atoms with Crippen molar-refractivity contribution in [3.05, 3.63) is 23.8 Å². The van der Waals surface area contributed by atoms with Crippen LogP contribution in [0.1, 0.15) is 37.4 Å². The fraction of sp³-hybridized carbons (Fsp3) is 0.556. The van der Waals surface area contributed by atoms with Crippen molar-refractivity contribution in [1.82, 2.24) is 9.97 Å². The molecular weight excluding hydrogens is 193 g/mol. The molecule has 0 saturated carbocycles. The summed E-state index contributed by atoms with van der Waals surface area (Å²) in [6.07, 6.45) is -1.76. The van der Waals surface area contributed by atoms with Gasteiger partial charge in [-0.25, -0.2) is 9.97 Å². The van der Waals surface area contributed by atoms with Crippen molar-refractivity contribution in [3.63, 3.8) is 0 Å². The van der Waals surface area contributed by atoms with Gasteiger partial charge in [-0.1, -0.05) is 13.8 Å². The van der Waals surface area contributed by atoms with E-state index in [-0.39, 0.29) is 11.6 Å². The molecule has 0 amide bonds. The highest BCUT2D eigenvalue weighted by Crippen LogP contribution is 2.34. The van der Waals surface area contributed by atoms with Gasteiger partial charge >= 0.3 is 6.18 Å². The van der Waals surface area contributed by atoms with Gasteiger partial charge in [-0.3, -0.25) is 0 Å². The fourth-order valence-corrected chi connectivity index (χ4v) is 1.14. The molecule has 78 valence electrons. The number of halogens is 3. The summed E-state index contributed by atoms with van der Waals surface area (Å²) in [5.41, 5.74) is -0.649. The third-order valence-electron chi connectivity index (χ3n) is 2.13. The number of hydrogen-bond acceptors (Lipinski definition) is 2. The van der Waals surface area contributed by atoms with Crippen molar-refractivity contribution in [2.24, 2.45) is 0 Å². The summed E-state index contributed by atoms with van der Waals surface area (Å²) < 4.78 is 37.4. The van der Waals surface area contributed by atoms with Gasteiger partial charge in [0.2, 0.25) is 0 Å². The number of rotatable bonds is 2. The van der Waals surface area contributed by atoms with Crippen LogP contribution in [0.5, 0.6) is 0 Å². The predicted molar refractivity (Wildman–Crippen MR) is 45.7 cm³/mol. The molecule has 0 N–H and O–H groups in total. The van der Waals surface area contributed by atoms with Crippen LogP contribution in [-0.4, -0.2) is 9.97 Å². The third-order valence-corrected chi connectivity index (χ3v) is 2.13. The number of nitrogens with zero attached hydrogens (tertiary/aromatic N) is 2. The molecule has 1 rings (SSSR count). The molecule has 1 aromatic rings. The van der Waals surface area contributed by atoms with E-state index in [9.17, 15) is 13.2 Å². The molecule has 0 aliphatic heterocycles. The Morgan fingerprint density at radius 3 is 2.57 bits per heavy atom. The first-order valence-electron chi connectivity index (χ1n) is 4.34. The molecule has 2 nitrogen and oxygen atoms in total. The Morgan fingerprint density at radius 2 is 2.07 bits per heavy atom. The second-order valence-electron chi connectivity index (χ2n) is 3.13. The van der Waals surface area contributed by atoms with E-state index in [1.165, 1.54) is 0 Å². The summed E-state index contributed by atoms with van der Waals surface area (Å²) in [6.45, 7) is 3.55. The standard InChI is InChI=1S/C9H11F3N2/c1-3-6(2)8-7(9(10,11)12)4-13-5-14-8/h4-6H,3H2,1-2H3. The van der Waals surface area contributed by atoms with Crippen molar-refractivity contribution in [1.29, 1.82) is 0 Å². The van der Waals surface area contributed by atoms with Gasteiger partial charge in [0, 0.05) is 6.20 Å². The van der Waals surface area contributed by atoms with Crippen LogP contribution >= 0.6 is 0 Å². The molecule has 1 heterocycles. The van der Waals surface area contributed by atoms with E-state index in [0.29, 0.717) is 6.42 Å². The minimum atomic E-state index is -4.36.